The number of nitrogens with zero attached hydrogens (tertiary/aromatic N) is 2. The Balaban J connectivity index is 2.35. The molecule has 0 radical (unpaired) electrons. The predicted octanol–water partition coefficient (Wildman–Crippen LogP) is 1.67. The largest absolute Gasteiger partial charge is 0.395 e. The quantitative estimate of drug-likeness (QED) is 0.899. The summed E-state index contributed by atoms with van der Waals surface area (Å²) in [6.07, 6.45) is 0. The van der Waals surface area contributed by atoms with E-state index in [1.54, 1.807) is 10.7 Å². The molecule has 2 rings (SSSR count). The van der Waals surface area contributed by atoms with Crippen molar-refractivity contribution in [2.75, 3.05) is 13.2 Å². The SMILES string of the molecule is Cc1ccc(-n2nc(Br)cc2C(=O)NCCO)cc1. The first-order valence-electron chi connectivity index (χ1n) is 5.83. The Morgan fingerprint density at radius 3 is 2.74 bits per heavy atom. The summed E-state index contributed by atoms with van der Waals surface area (Å²) in [5.74, 6) is -0.271. The molecule has 0 spiro atoms. The number of carbonyl (C=O) groups is 1. The molecule has 1 aromatic heterocycles. The second kappa shape index (κ2) is 5.99. The molecule has 0 aliphatic rings. The van der Waals surface area contributed by atoms with Crippen molar-refractivity contribution in [3.8, 4) is 5.69 Å². The summed E-state index contributed by atoms with van der Waals surface area (Å²) in [4.78, 5) is 12.0. The first-order valence-corrected chi connectivity index (χ1v) is 6.63. The van der Waals surface area contributed by atoms with Crippen LogP contribution in [0.2, 0.25) is 0 Å². The van der Waals surface area contributed by atoms with Crippen molar-refractivity contribution in [3.63, 3.8) is 0 Å². The van der Waals surface area contributed by atoms with Crippen molar-refractivity contribution >= 4 is 21.8 Å². The van der Waals surface area contributed by atoms with E-state index in [9.17, 15) is 4.79 Å². The van der Waals surface area contributed by atoms with Crippen LogP contribution in [0.5, 0.6) is 0 Å². The second-order valence-corrected chi connectivity index (χ2v) is 4.89. The molecule has 0 aliphatic carbocycles. The molecule has 19 heavy (non-hydrogen) atoms. The minimum absolute atomic E-state index is 0.0917. The summed E-state index contributed by atoms with van der Waals surface area (Å²) in [6, 6.07) is 9.36. The van der Waals surface area contributed by atoms with Crippen LogP contribution < -0.4 is 5.32 Å². The van der Waals surface area contributed by atoms with Crippen molar-refractivity contribution < 1.29 is 9.90 Å². The minimum Gasteiger partial charge on any atom is -0.395 e. The Labute approximate surface area is 119 Å². The zero-order chi connectivity index (χ0) is 13.8. The molecule has 2 N–H and O–H groups in total. The molecule has 0 fully saturated rings. The van der Waals surface area contributed by atoms with Gasteiger partial charge in [0.1, 0.15) is 10.3 Å². The van der Waals surface area contributed by atoms with Crippen LogP contribution in [0.25, 0.3) is 5.69 Å². The van der Waals surface area contributed by atoms with Gasteiger partial charge in [0.2, 0.25) is 0 Å². The molecule has 0 saturated carbocycles. The molecule has 2 aromatic rings. The van der Waals surface area contributed by atoms with Gasteiger partial charge in [-0.05, 0) is 35.0 Å². The van der Waals surface area contributed by atoms with E-state index in [-0.39, 0.29) is 19.1 Å². The number of halogens is 1. The van der Waals surface area contributed by atoms with Crippen LogP contribution in [0.1, 0.15) is 16.1 Å². The zero-order valence-corrected chi connectivity index (χ0v) is 12.0. The predicted molar refractivity (Wildman–Crippen MR) is 75.4 cm³/mol. The van der Waals surface area contributed by atoms with E-state index in [1.807, 2.05) is 31.2 Å². The normalized spacial score (nSPS) is 10.5. The van der Waals surface area contributed by atoms with Gasteiger partial charge in [0.05, 0.1) is 12.3 Å². The monoisotopic (exact) mass is 323 g/mol. The van der Waals surface area contributed by atoms with Crippen LogP contribution in [0.4, 0.5) is 0 Å². The molecule has 100 valence electrons. The molecule has 5 nitrogen and oxygen atoms in total. The zero-order valence-electron chi connectivity index (χ0n) is 10.4. The van der Waals surface area contributed by atoms with E-state index in [0.29, 0.717) is 10.3 Å². The molecule has 0 atom stereocenters. The average Bonchev–Trinajstić information content (AvgIpc) is 2.79. The lowest BCUT2D eigenvalue weighted by molar-refractivity contribution is 0.0937. The van der Waals surface area contributed by atoms with E-state index in [4.69, 9.17) is 5.11 Å². The van der Waals surface area contributed by atoms with Crippen LogP contribution in [0, 0.1) is 6.92 Å². The number of nitrogens with one attached hydrogen (secondary N) is 1. The summed E-state index contributed by atoms with van der Waals surface area (Å²) in [7, 11) is 0. The highest BCUT2D eigenvalue weighted by Gasteiger charge is 2.15. The number of aromatic nitrogens is 2. The van der Waals surface area contributed by atoms with Crippen LogP contribution in [-0.4, -0.2) is 33.9 Å². The van der Waals surface area contributed by atoms with E-state index in [1.165, 1.54) is 0 Å². The first-order chi connectivity index (χ1) is 9.11. The Morgan fingerprint density at radius 1 is 1.42 bits per heavy atom. The summed E-state index contributed by atoms with van der Waals surface area (Å²) >= 11 is 3.27. The number of rotatable bonds is 4. The molecule has 1 amide bonds. The van der Waals surface area contributed by atoms with Gasteiger partial charge in [-0.1, -0.05) is 17.7 Å². The Hall–Kier alpha value is -1.66. The van der Waals surface area contributed by atoms with Crippen LogP contribution >= 0.6 is 15.9 Å². The van der Waals surface area contributed by atoms with Crippen LogP contribution in [0.15, 0.2) is 34.9 Å². The third kappa shape index (κ3) is 3.21. The van der Waals surface area contributed by atoms with E-state index in [2.05, 4.69) is 26.3 Å². The molecular weight excluding hydrogens is 310 g/mol. The number of hydrogen-bond acceptors (Lipinski definition) is 3. The van der Waals surface area contributed by atoms with Gasteiger partial charge >= 0.3 is 0 Å². The third-order valence-electron chi connectivity index (χ3n) is 2.59. The van der Waals surface area contributed by atoms with Gasteiger partial charge in [-0.25, -0.2) is 4.68 Å². The molecule has 1 heterocycles. The molecule has 6 heteroatoms. The first kappa shape index (κ1) is 13.8. The van der Waals surface area contributed by atoms with Crippen molar-refractivity contribution in [3.05, 3.63) is 46.2 Å². The standard InChI is InChI=1S/C13H14BrN3O2/c1-9-2-4-10(5-3-9)17-11(8-12(14)16-17)13(19)15-6-7-18/h2-5,8,18H,6-7H2,1H3,(H,15,19). The fourth-order valence-electron chi connectivity index (χ4n) is 1.66. The number of amides is 1. The van der Waals surface area contributed by atoms with Gasteiger partial charge in [-0.15, -0.1) is 0 Å². The number of aliphatic hydroxyl groups excluding tert-OH is 1. The summed E-state index contributed by atoms with van der Waals surface area (Å²) in [6.45, 7) is 2.12. The van der Waals surface area contributed by atoms with Crippen molar-refractivity contribution in [1.82, 2.24) is 15.1 Å². The van der Waals surface area contributed by atoms with Gasteiger partial charge in [0.15, 0.2) is 0 Å². The summed E-state index contributed by atoms with van der Waals surface area (Å²) in [5, 5.41) is 15.6. The van der Waals surface area contributed by atoms with Gasteiger partial charge in [-0.3, -0.25) is 4.79 Å². The van der Waals surface area contributed by atoms with Crippen LogP contribution in [-0.2, 0) is 0 Å². The molecule has 0 saturated heterocycles. The van der Waals surface area contributed by atoms with Gasteiger partial charge < -0.3 is 10.4 Å². The Bertz CT molecular complexity index is 578. The maximum atomic E-state index is 12.0. The molecule has 0 unspecified atom stereocenters. The summed E-state index contributed by atoms with van der Waals surface area (Å²) < 4.78 is 2.15. The lowest BCUT2D eigenvalue weighted by Crippen LogP contribution is -2.28. The maximum absolute atomic E-state index is 12.0. The van der Waals surface area contributed by atoms with E-state index in [0.717, 1.165) is 11.3 Å². The van der Waals surface area contributed by atoms with Crippen LogP contribution in [0.3, 0.4) is 0 Å². The summed E-state index contributed by atoms with van der Waals surface area (Å²) in [5.41, 5.74) is 2.37. The highest BCUT2D eigenvalue weighted by Crippen LogP contribution is 2.16. The average molecular weight is 324 g/mol. The minimum atomic E-state index is -0.271. The Kier molecular flexibility index (Phi) is 4.34. The lowest BCUT2D eigenvalue weighted by atomic mass is 10.2. The highest BCUT2D eigenvalue weighted by atomic mass is 79.9. The lowest BCUT2D eigenvalue weighted by Gasteiger charge is -2.07. The van der Waals surface area contributed by atoms with E-state index >= 15 is 0 Å². The topological polar surface area (TPSA) is 67.2 Å². The smallest absolute Gasteiger partial charge is 0.270 e. The fraction of sp³-hybridized carbons (Fsp3) is 0.231. The number of benzene rings is 1. The van der Waals surface area contributed by atoms with Crippen molar-refractivity contribution in [2.24, 2.45) is 0 Å². The second-order valence-electron chi connectivity index (χ2n) is 4.08. The molecule has 1 aromatic carbocycles. The maximum Gasteiger partial charge on any atom is 0.270 e. The van der Waals surface area contributed by atoms with E-state index < -0.39 is 0 Å². The highest BCUT2D eigenvalue weighted by molar-refractivity contribution is 9.10. The van der Waals surface area contributed by atoms with Gasteiger partial charge in [0.25, 0.3) is 5.91 Å². The Morgan fingerprint density at radius 2 is 2.11 bits per heavy atom. The third-order valence-corrected chi connectivity index (χ3v) is 2.98. The number of aryl methyl sites for hydroxylation is 1. The molecule has 0 bridgehead atoms. The molecule has 0 aliphatic heterocycles. The number of hydrogen-bond donors (Lipinski definition) is 2. The van der Waals surface area contributed by atoms with Crippen molar-refractivity contribution in [1.29, 1.82) is 0 Å². The molecular formula is C13H14BrN3O2. The number of carbonyl (C=O) groups excluding carboxylic acids is 1. The van der Waals surface area contributed by atoms with Gasteiger partial charge in [0, 0.05) is 12.6 Å². The number of aliphatic hydroxyl groups is 1. The van der Waals surface area contributed by atoms with Crippen molar-refractivity contribution in [2.45, 2.75) is 6.92 Å². The fourth-order valence-corrected chi connectivity index (χ4v) is 2.03. The van der Waals surface area contributed by atoms with Gasteiger partial charge in [-0.2, -0.15) is 5.10 Å².